The molecule has 0 aliphatic heterocycles. The molecular formula is C21H19N5O2. The highest BCUT2D eigenvalue weighted by Crippen LogP contribution is 2.29. The number of anilines is 1. The summed E-state index contributed by atoms with van der Waals surface area (Å²) in [5.41, 5.74) is 0.485. The number of ether oxygens (including phenoxy) is 1. The minimum atomic E-state index is -0.285. The van der Waals surface area contributed by atoms with Crippen molar-refractivity contribution in [1.29, 1.82) is 0 Å². The first-order chi connectivity index (χ1) is 13.7. The Labute approximate surface area is 162 Å². The zero-order valence-corrected chi connectivity index (χ0v) is 15.6. The maximum atomic E-state index is 13.1. The van der Waals surface area contributed by atoms with Crippen molar-refractivity contribution in [3.63, 3.8) is 0 Å². The number of fused-ring (bicyclic) bond motifs is 1. The first-order valence-corrected chi connectivity index (χ1v) is 8.95. The average molecular weight is 373 g/mol. The minimum absolute atomic E-state index is 0.285. The molecule has 7 nitrogen and oxygen atoms in total. The molecule has 1 N–H and O–H groups in total. The minimum Gasteiger partial charge on any atom is -0.493 e. The number of hydrogen-bond donors (Lipinski definition) is 1. The summed E-state index contributed by atoms with van der Waals surface area (Å²) < 4.78 is 7.52. The molecule has 4 rings (SSSR count). The van der Waals surface area contributed by atoms with Crippen LogP contribution in [0.4, 0.5) is 5.82 Å². The summed E-state index contributed by atoms with van der Waals surface area (Å²) in [6.07, 6.45) is 4.91. The Morgan fingerprint density at radius 1 is 1.14 bits per heavy atom. The van der Waals surface area contributed by atoms with Gasteiger partial charge in [0, 0.05) is 18.5 Å². The lowest BCUT2D eigenvalue weighted by Gasteiger charge is -2.13. The lowest BCUT2D eigenvalue weighted by Crippen LogP contribution is -2.16. The molecule has 0 fully saturated rings. The van der Waals surface area contributed by atoms with E-state index in [1.165, 1.54) is 6.33 Å². The first-order valence-electron chi connectivity index (χ1n) is 8.95. The summed E-state index contributed by atoms with van der Waals surface area (Å²) in [7, 11) is 0. The van der Waals surface area contributed by atoms with E-state index in [1.54, 1.807) is 18.5 Å². The summed E-state index contributed by atoms with van der Waals surface area (Å²) in [6, 6.07) is 13.2. The molecule has 2 aromatic heterocycles. The lowest BCUT2D eigenvalue weighted by atomic mass is 10.0. The molecule has 0 bridgehead atoms. The number of benzene rings is 2. The SMILES string of the molecule is CCOc1ccc2ccccc2c1C(=O)Nc1cc(-n2ccnc2C)ncn1. The largest absolute Gasteiger partial charge is 0.493 e. The topological polar surface area (TPSA) is 81.9 Å². The van der Waals surface area contributed by atoms with Crippen molar-refractivity contribution in [2.45, 2.75) is 13.8 Å². The molecule has 7 heteroatoms. The third-order valence-corrected chi connectivity index (χ3v) is 4.38. The standard InChI is InChI=1S/C21H19N5O2/c1-3-28-17-9-8-15-6-4-5-7-16(15)20(17)21(27)25-18-12-19(24-13-23-18)26-11-10-22-14(26)2/h4-13H,3H2,1-2H3,(H,23,24,25,27). The van der Waals surface area contributed by atoms with Crippen LogP contribution in [0.25, 0.3) is 16.6 Å². The molecule has 0 saturated carbocycles. The quantitative estimate of drug-likeness (QED) is 0.576. The van der Waals surface area contributed by atoms with Gasteiger partial charge in [0.15, 0.2) is 0 Å². The van der Waals surface area contributed by atoms with Crippen LogP contribution in [0.3, 0.4) is 0 Å². The molecule has 2 aromatic carbocycles. The molecule has 0 spiro atoms. The molecule has 1 amide bonds. The zero-order valence-electron chi connectivity index (χ0n) is 15.6. The van der Waals surface area contributed by atoms with E-state index in [-0.39, 0.29) is 5.91 Å². The monoisotopic (exact) mass is 373 g/mol. The number of imidazole rings is 1. The van der Waals surface area contributed by atoms with Gasteiger partial charge in [-0.1, -0.05) is 30.3 Å². The molecule has 0 radical (unpaired) electrons. The van der Waals surface area contributed by atoms with E-state index in [2.05, 4.69) is 20.3 Å². The van der Waals surface area contributed by atoms with Crippen LogP contribution >= 0.6 is 0 Å². The van der Waals surface area contributed by atoms with Gasteiger partial charge < -0.3 is 10.1 Å². The van der Waals surface area contributed by atoms with E-state index in [4.69, 9.17) is 4.74 Å². The van der Waals surface area contributed by atoms with E-state index in [0.29, 0.717) is 29.6 Å². The highest BCUT2D eigenvalue weighted by Gasteiger charge is 2.17. The van der Waals surface area contributed by atoms with Gasteiger partial charge in [-0.05, 0) is 30.7 Å². The van der Waals surface area contributed by atoms with E-state index in [9.17, 15) is 4.79 Å². The van der Waals surface area contributed by atoms with Crippen LogP contribution in [0.1, 0.15) is 23.1 Å². The fourth-order valence-electron chi connectivity index (χ4n) is 3.11. The Kier molecular flexibility index (Phi) is 4.72. The number of nitrogens with zero attached hydrogens (tertiary/aromatic N) is 4. The van der Waals surface area contributed by atoms with Gasteiger partial charge in [0.1, 0.15) is 29.5 Å². The normalized spacial score (nSPS) is 10.8. The van der Waals surface area contributed by atoms with E-state index in [1.807, 2.05) is 54.8 Å². The van der Waals surface area contributed by atoms with E-state index >= 15 is 0 Å². The lowest BCUT2D eigenvalue weighted by molar-refractivity contribution is 0.102. The van der Waals surface area contributed by atoms with Crippen LogP contribution < -0.4 is 10.1 Å². The average Bonchev–Trinajstić information content (AvgIpc) is 3.14. The maximum Gasteiger partial charge on any atom is 0.261 e. The van der Waals surface area contributed by atoms with Crippen molar-refractivity contribution < 1.29 is 9.53 Å². The molecule has 0 atom stereocenters. The third-order valence-electron chi connectivity index (χ3n) is 4.38. The van der Waals surface area contributed by atoms with Crippen molar-refractivity contribution in [1.82, 2.24) is 19.5 Å². The number of rotatable bonds is 5. The Morgan fingerprint density at radius 2 is 2.00 bits per heavy atom. The Morgan fingerprint density at radius 3 is 2.79 bits per heavy atom. The zero-order chi connectivity index (χ0) is 19.5. The summed E-state index contributed by atoms with van der Waals surface area (Å²) in [5, 5.41) is 4.66. The molecule has 4 aromatic rings. The second kappa shape index (κ2) is 7.48. The van der Waals surface area contributed by atoms with E-state index in [0.717, 1.165) is 16.6 Å². The fourth-order valence-corrected chi connectivity index (χ4v) is 3.11. The molecule has 0 saturated heterocycles. The van der Waals surface area contributed by atoms with Crippen LogP contribution in [0.2, 0.25) is 0 Å². The number of nitrogens with one attached hydrogen (secondary N) is 1. The third kappa shape index (κ3) is 3.29. The van der Waals surface area contributed by atoms with Crippen molar-refractivity contribution in [3.8, 4) is 11.6 Å². The van der Waals surface area contributed by atoms with Crippen LogP contribution in [0.5, 0.6) is 5.75 Å². The first kappa shape index (κ1) is 17.7. The summed E-state index contributed by atoms with van der Waals surface area (Å²) in [5.74, 6) is 2.08. The van der Waals surface area contributed by atoms with Gasteiger partial charge in [-0.15, -0.1) is 0 Å². The van der Waals surface area contributed by atoms with Gasteiger partial charge in [-0.3, -0.25) is 9.36 Å². The number of aryl methyl sites for hydroxylation is 1. The van der Waals surface area contributed by atoms with Gasteiger partial charge >= 0.3 is 0 Å². The van der Waals surface area contributed by atoms with Crippen LogP contribution in [0, 0.1) is 6.92 Å². The number of hydrogen-bond acceptors (Lipinski definition) is 5. The van der Waals surface area contributed by atoms with E-state index < -0.39 is 0 Å². The van der Waals surface area contributed by atoms with Gasteiger partial charge in [-0.2, -0.15) is 0 Å². The molecule has 2 heterocycles. The predicted octanol–water partition coefficient (Wildman–Crippen LogP) is 3.77. The Balaban J connectivity index is 1.71. The Hall–Kier alpha value is -3.74. The van der Waals surface area contributed by atoms with Crippen molar-refractivity contribution in [3.05, 3.63) is 72.6 Å². The highest BCUT2D eigenvalue weighted by atomic mass is 16.5. The van der Waals surface area contributed by atoms with Gasteiger partial charge in [-0.25, -0.2) is 15.0 Å². The maximum absolute atomic E-state index is 13.1. The fraction of sp³-hybridized carbons (Fsp3) is 0.143. The highest BCUT2D eigenvalue weighted by molar-refractivity contribution is 6.14. The van der Waals surface area contributed by atoms with Crippen LogP contribution in [-0.4, -0.2) is 32.0 Å². The van der Waals surface area contributed by atoms with Crippen molar-refractivity contribution >= 4 is 22.5 Å². The number of carbonyl (C=O) groups excluding carboxylic acids is 1. The molecule has 0 unspecified atom stereocenters. The predicted molar refractivity (Wildman–Crippen MR) is 107 cm³/mol. The summed E-state index contributed by atoms with van der Waals surface area (Å²) in [6.45, 7) is 4.24. The second-order valence-electron chi connectivity index (χ2n) is 6.15. The summed E-state index contributed by atoms with van der Waals surface area (Å²) in [4.78, 5) is 25.8. The number of aromatic nitrogens is 4. The second-order valence-corrected chi connectivity index (χ2v) is 6.15. The van der Waals surface area contributed by atoms with Crippen LogP contribution in [-0.2, 0) is 0 Å². The van der Waals surface area contributed by atoms with Gasteiger partial charge in [0.05, 0.1) is 12.2 Å². The van der Waals surface area contributed by atoms with Crippen LogP contribution in [0.15, 0.2) is 61.2 Å². The molecule has 0 aliphatic rings. The van der Waals surface area contributed by atoms with Gasteiger partial charge in [0.25, 0.3) is 5.91 Å². The smallest absolute Gasteiger partial charge is 0.261 e. The molecular weight excluding hydrogens is 354 g/mol. The summed E-state index contributed by atoms with van der Waals surface area (Å²) >= 11 is 0. The number of amides is 1. The number of carbonyl (C=O) groups is 1. The Bertz CT molecular complexity index is 1150. The van der Waals surface area contributed by atoms with Crippen molar-refractivity contribution in [2.75, 3.05) is 11.9 Å². The van der Waals surface area contributed by atoms with Crippen molar-refractivity contribution in [2.24, 2.45) is 0 Å². The molecule has 0 aliphatic carbocycles. The molecule has 140 valence electrons. The van der Waals surface area contributed by atoms with Gasteiger partial charge in [0.2, 0.25) is 0 Å². The molecule has 28 heavy (non-hydrogen) atoms.